The Bertz CT molecular complexity index is 406. The molecule has 0 saturated carbocycles. The van der Waals surface area contributed by atoms with Gasteiger partial charge in [0.1, 0.15) is 5.82 Å². The molecule has 1 unspecified atom stereocenters. The third-order valence-electron chi connectivity index (χ3n) is 2.98. The van der Waals surface area contributed by atoms with Crippen LogP contribution in [0.25, 0.3) is 0 Å². The second-order valence-electron chi connectivity index (χ2n) is 4.06. The summed E-state index contributed by atoms with van der Waals surface area (Å²) in [5, 5.41) is 8.90. The number of benzene rings is 1. The molecule has 0 saturated heterocycles. The van der Waals surface area contributed by atoms with Crippen molar-refractivity contribution in [3.05, 3.63) is 35.1 Å². The molecule has 0 aliphatic rings. The number of carbonyl (C=O) groups excluding carboxylic acids is 1. The molecule has 1 rings (SSSR count). The van der Waals surface area contributed by atoms with Crippen LogP contribution in [0.2, 0.25) is 0 Å². The molecular formula is C13H18FNO2. The first kappa shape index (κ1) is 13.6. The number of rotatable bonds is 4. The van der Waals surface area contributed by atoms with Gasteiger partial charge in [-0.05, 0) is 18.1 Å². The highest BCUT2D eigenvalue weighted by Gasteiger charge is 2.18. The molecule has 1 atom stereocenters. The molecule has 1 aromatic rings. The van der Waals surface area contributed by atoms with Crippen LogP contribution in [-0.4, -0.2) is 23.0 Å². The van der Waals surface area contributed by atoms with E-state index in [0.29, 0.717) is 6.42 Å². The molecule has 94 valence electrons. The molecule has 1 aromatic carbocycles. The third kappa shape index (κ3) is 3.03. The largest absolute Gasteiger partial charge is 0.392 e. The summed E-state index contributed by atoms with van der Waals surface area (Å²) in [6.45, 7) is 3.12. The molecule has 1 amide bonds. The van der Waals surface area contributed by atoms with Gasteiger partial charge in [-0.2, -0.15) is 0 Å². The zero-order valence-electron chi connectivity index (χ0n) is 10.4. The van der Waals surface area contributed by atoms with Gasteiger partial charge in [-0.15, -0.1) is 0 Å². The third-order valence-corrected chi connectivity index (χ3v) is 2.98. The average Bonchev–Trinajstić information content (AvgIpc) is 2.30. The minimum atomic E-state index is -0.430. The number of amides is 1. The standard InChI is InChI=1S/C13H18FNO2/c1-4-13(15(3)9(2)17)10-5-6-11(8-16)12(14)7-10/h5-7,13,16H,4,8H2,1-3H3. The van der Waals surface area contributed by atoms with Gasteiger partial charge < -0.3 is 10.0 Å². The average molecular weight is 239 g/mol. The van der Waals surface area contributed by atoms with Crippen molar-refractivity contribution in [1.29, 1.82) is 0 Å². The van der Waals surface area contributed by atoms with E-state index in [4.69, 9.17) is 5.11 Å². The molecule has 3 nitrogen and oxygen atoms in total. The van der Waals surface area contributed by atoms with Crippen LogP contribution >= 0.6 is 0 Å². The highest BCUT2D eigenvalue weighted by molar-refractivity contribution is 5.73. The Balaban J connectivity index is 3.04. The van der Waals surface area contributed by atoms with Crippen LogP contribution in [0.15, 0.2) is 18.2 Å². The number of aliphatic hydroxyl groups is 1. The molecule has 0 aromatic heterocycles. The van der Waals surface area contributed by atoms with Crippen molar-refractivity contribution in [1.82, 2.24) is 4.90 Å². The van der Waals surface area contributed by atoms with E-state index < -0.39 is 5.82 Å². The highest BCUT2D eigenvalue weighted by Crippen LogP contribution is 2.24. The predicted molar refractivity (Wildman–Crippen MR) is 63.8 cm³/mol. The second kappa shape index (κ2) is 5.77. The van der Waals surface area contributed by atoms with Gasteiger partial charge >= 0.3 is 0 Å². The van der Waals surface area contributed by atoms with Crippen molar-refractivity contribution in [3.8, 4) is 0 Å². The Hall–Kier alpha value is -1.42. The normalized spacial score (nSPS) is 12.3. The number of hydrogen-bond donors (Lipinski definition) is 1. The quantitative estimate of drug-likeness (QED) is 0.875. The number of nitrogens with zero attached hydrogens (tertiary/aromatic N) is 1. The fraction of sp³-hybridized carbons (Fsp3) is 0.462. The second-order valence-corrected chi connectivity index (χ2v) is 4.06. The molecule has 0 heterocycles. The van der Waals surface area contributed by atoms with Gasteiger partial charge in [0.05, 0.1) is 12.6 Å². The number of hydrogen-bond acceptors (Lipinski definition) is 2. The van der Waals surface area contributed by atoms with E-state index in [1.54, 1.807) is 24.1 Å². The van der Waals surface area contributed by atoms with Gasteiger partial charge in [0, 0.05) is 19.5 Å². The predicted octanol–water partition coefficient (Wildman–Crippen LogP) is 2.25. The first-order chi connectivity index (χ1) is 8.01. The van der Waals surface area contributed by atoms with Crippen LogP contribution in [0.1, 0.15) is 37.4 Å². The van der Waals surface area contributed by atoms with E-state index in [9.17, 15) is 9.18 Å². The number of carbonyl (C=O) groups is 1. The summed E-state index contributed by atoms with van der Waals surface area (Å²) in [7, 11) is 1.70. The smallest absolute Gasteiger partial charge is 0.219 e. The maximum atomic E-state index is 13.5. The summed E-state index contributed by atoms with van der Waals surface area (Å²) in [5.74, 6) is -0.483. The molecular weight excluding hydrogens is 221 g/mol. The van der Waals surface area contributed by atoms with E-state index in [2.05, 4.69) is 0 Å². The first-order valence-corrected chi connectivity index (χ1v) is 5.63. The van der Waals surface area contributed by atoms with Gasteiger partial charge in [-0.3, -0.25) is 4.79 Å². The minimum absolute atomic E-state index is 0.0523. The van der Waals surface area contributed by atoms with Gasteiger partial charge in [0.2, 0.25) is 5.91 Å². The first-order valence-electron chi connectivity index (χ1n) is 5.63. The Morgan fingerprint density at radius 2 is 2.18 bits per heavy atom. The molecule has 0 radical (unpaired) electrons. The van der Waals surface area contributed by atoms with Crippen molar-refractivity contribution in [2.24, 2.45) is 0 Å². The van der Waals surface area contributed by atoms with E-state index >= 15 is 0 Å². The summed E-state index contributed by atoms with van der Waals surface area (Å²) in [4.78, 5) is 12.9. The summed E-state index contributed by atoms with van der Waals surface area (Å²) in [6, 6.07) is 4.57. The lowest BCUT2D eigenvalue weighted by molar-refractivity contribution is -0.129. The fourth-order valence-electron chi connectivity index (χ4n) is 1.85. The number of aliphatic hydroxyl groups excluding tert-OH is 1. The molecule has 4 heteroatoms. The van der Waals surface area contributed by atoms with Gasteiger partial charge in [0.15, 0.2) is 0 Å². The molecule has 0 bridgehead atoms. The van der Waals surface area contributed by atoms with Crippen LogP contribution < -0.4 is 0 Å². The van der Waals surface area contributed by atoms with Crippen molar-refractivity contribution in [3.63, 3.8) is 0 Å². The van der Waals surface area contributed by atoms with E-state index in [1.807, 2.05) is 6.92 Å². The maximum absolute atomic E-state index is 13.5. The molecule has 0 fully saturated rings. The summed E-state index contributed by atoms with van der Waals surface area (Å²) < 4.78 is 13.5. The van der Waals surface area contributed by atoms with Crippen LogP contribution in [0.3, 0.4) is 0 Å². The number of halogens is 1. The van der Waals surface area contributed by atoms with Crippen molar-refractivity contribution in [2.45, 2.75) is 32.9 Å². The summed E-state index contributed by atoms with van der Waals surface area (Å²) >= 11 is 0. The minimum Gasteiger partial charge on any atom is -0.392 e. The Morgan fingerprint density at radius 3 is 2.59 bits per heavy atom. The van der Waals surface area contributed by atoms with E-state index in [-0.39, 0.29) is 24.1 Å². The maximum Gasteiger partial charge on any atom is 0.219 e. The van der Waals surface area contributed by atoms with Crippen molar-refractivity contribution >= 4 is 5.91 Å². The highest BCUT2D eigenvalue weighted by atomic mass is 19.1. The van der Waals surface area contributed by atoms with E-state index in [1.165, 1.54) is 13.0 Å². The van der Waals surface area contributed by atoms with E-state index in [0.717, 1.165) is 5.56 Å². The van der Waals surface area contributed by atoms with Crippen LogP contribution in [0.4, 0.5) is 4.39 Å². The SMILES string of the molecule is CCC(c1ccc(CO)c(F)c1)N(C)C(C)=O. The molecule has 1 N–H and O–H groups in total. The molecule has 0 spiro atoms. The Kier molecular flexibility index (Phi) is 4.63. The molecule has 0 aliphatic heterocycles. The fourth-order valence-corrected chi connectivity index (χ4v) is 1.85. The van der Waals surface area contributed by atoms with Crippen molar-refractivity contribution < 1.29 is 14.3 Å². The van der Waals surface area contributed by atoms with Gasteiger partial charge in [-0.25, -0.2) is 4.39 Å². The zero-order chi connectivity index (χ0) is 13.0. The molecule has 17 heavy (non-hydrogen) atoms. The summed E-state index contributed by atoms with van der Waals surface area (Å²) in [6.07, 6.45) is 0.716. The monoisotopic (exact) mass is 239 g/mol. The summed E-state index contributed by atoms with van der Waals surface area (Å²) in [5.41, 5.74) is 1.02. The Morgan fingerprint density at radius 1 is 1.53 bits per heavy atom. The zero-order valence-corrected chi connectivity index (χ0v) is 10.4. The van der Waals surface area contributed by atoms with Crippen LogP contribution in [0, 0.1) is 5.82 Å². The van der Waals surface area contributed by atoms with Crippen LogP contribution in [-0.2, 0) is 11.4 Å². The van der Waals surface area contributed by atoms with Crippen molar-refractivity contribution in [2.75, 3.05) is 7.05 Å². The van der Waals surface area contributed by atoms with Gasteiger partial charge in [-0.1, -0.05) is 19.1 Å². The van der Waals surface area contributed by atoms with Crippen LogP contribution in [0.5, 0.6) is 0 Å². The lowest BCUT2D eigenvalue weighted by Gasteiger charge is -2.26. The lowest BCUT2D eigenvalue weighted by Crippen LogP contribution is -2.28. The lowest BCUT2D eigenvalue weighted by atomic mass is 10.0. The van der Waals surface area contributed by atoms with Gasteiger partial charge in [0.25, 0.3) is 0 Å². The Labute approximate surface area is 101 Å². The molecule has 0 aliphatic carbocycles. The topological polar surface area (TPSA) is 40.5 Å².